The third-order valence-electron chi connectivity index (χ3n) is 3.75. The Hall–Kier alpha value is -2.59. The van der Waals surface area contributed by atoms with Gasteiger partial charge in [-0.15, -0.1) is 0 Å². The van der Waals surface area contributed by atoms with E-state index in [4.69, 9.17) is 4.74 Å². The van der Waals surface area contributed by atoms with Gasteiger partial charge in [0.25, 0.3) is 5.91 Å². The molecule has 1 amide bonds. The lowest BCUT2D eigenvalue weighted by molar-refractivity contribution is -0.119. The molecule has 2 rings (SSSR count). The van der Waals surface area contributed by atoms with E-state index in [2.05, 4.69) is 26.5 Å². The summed E-state index contributed by atoms with van der Waals surface area (Å²) in [6, 6.07) is 10.0. The summed E-state index contributed by atoms with van der Waals surface area (Å²) < 4.78 is 30.7. The van der Waals surface area contributed by atoms with Crippen LogP contribution < -0.4 is 14.5 Å². The van der Waals surface area contributed by atoms with Crippen LogP contribution in [-0.4, -0.2) is 45.6 Å². The number of hydrogen-bond donors (Lipinski definition) is 2. The molecule has 0 aliphatic heterocycles. The first-order chi connectivity index (χ1) is 13.1. The van der Waals surface area contributed by atoms with Crippen LogP contribution in [0.3, 0.4) is 0 Å². The molecule has 0 aliphatic rings. The van der Waals surface area contributed by atoms with Gasteiger partial charge >= 0.3 is 0 Å². The van der Waals surface area contributed by atoms with Crippen LogP contribution in [0.15, 0.2) is 46.0 Å². The molecule has 0 aromatic heterocycles. The summed E-state index contributed by atoms with van der Waals surface area (Å²) in [6.07, 6.45) is 2.39. The quantitative estimate of drug-likeness (QED) is 0.477. The minimum atomic E-state index is -3.66. The molecule has 150 valence electrons. The van der Waals surface area contributed by atoms with E-state index in [1.807, 2.05) is 0 Å². The summed E-state index contributed by atoms with van der Waals surface area (Å²) in [7, 11) is -2.25. The number of para-hydroxylation sites is 1. The summed E-state index contributed by atoms with van der Waals surface area (Å²) in [5.74, 6) is -0.412. The van der Waals surface area contributed by atoms with Crippen molar-refractivity contribution in [1.29, 1.82) is 0 Å². The number of benzene rings is 2. The Labute approximate surface area is 172 Å². The minimum absolute atomic E-state index is 0.0503. The summed E-state index contributed by atoms with van der Waals surface area (Å²) in [5, 5.41) is 13.6. The van der Waals surface area contributed by atoms with Crippen molar-refractivity contribution in [1.82, 2.24) is 5.43 Å². The number of amides is 1. The predicted molar refractivity (Wildman–Crippen MR) is 111 cm³/mol. The molecule has 0 fully saturated rings. The molecular weight excluding hydrogens is 450 g/mol. The number of phenols is 1. The van der Waals surface area contributed by atoms with Crippen LogP contribution in [0.4, 0.5) is 5.69 Å². The first-order valence-corrected chi connectivity index (χ1v) is 10.7. The molecule has 0 radical (unpaired) electrons. The molecule has 2 N–H and O–H groups in total. The van der Waals surface area contributed by atoms with Crippen molar-refractivity contribution in [3.8, 4) is 11.5 Å². The van der Waals surface area contributed by atoms with Crippen molar-refractivity contribution >= 4 is 43.8 Å². The van der Waals surface area contributed by atoms with E-state index in [-0.39, 0.29) is 11.5 Å². The Kier molecular flexibility index (Phi) is 7.03. The van der Waals surface area contributed by atoms with Gasteiger partial charge in [-0.2, -0.15) is 5.10 Å². The molecule has 2 aromatic rings. The maximum atomic E-state index is 12.2. The van der Waals surface area contributed by atoms with Crippen molar-refractivity contribution in [2.45, 2.75) is 6.92 Å². The predicted octanol–water partition coefficient (Wildman–Crippen LogP) is 2.39. The molecule has 28 heavy (non-hydrogen) atoms. The number of anilines is 1. The number of aromatic hydroxyl groups is 1. The highest BCUT2D eigenvalue weighted by Crippen LogP contribution is 2.34. The molecule has 0 aliphatic carbocycles. The van der Waals surface area contributed by atoms with Gasteiger partial charge in [-0.1, -0.05) is 18.2 Å². The van der Waals surface area contributed by atoms with Crippen LogP contribution in [0, 0.1) is 6.92 Å². The zero-order valence-corrected chi connectivity index (χ0v) is 17.9. The van der Waals surface area contributed by atoms with E-state index in [0.717, 1.165) is 16.1 Å². The Bertz CT molecular complexity index is 1010. The highest BCUT2D eigenvalue weighted by Gasteiger charge is 2.21. The second-order valence-corrected chi connectivity index (χ2v) is 8.66. The average molecular weight is 470 g/mol. The van der Waals surface area contributed by atoms with Crippen molar-refractivity contribution in [2.75, 3.05) is 24.2 Å². The van der Waals surface area contributed by atoms with Gasteiger partial charge in [0, 0.05) is 0 Å². The van der Waals surface area contributed by atoms with Gasteiger partial charge in [0.2, 0.25) is 10.0 Å². The molecule has 10 heteroatoms. The Morgan fingerprint density at radius 1 is 1.36 bits per heavy atom. The van der Waals surface area contributed by atoms with Crippen LogP contribution in [0.5, 0.6) is 11.5 Å². The maximum Gasteiger partial charge on any atom is 0.260 e. The number of carbonyl (C=O) groups excluding carboxylic acids is 1. The van der Waals surface area contributed by atoms with Gasteiger partial charge in [0.05, 0.1) is 29.7 Å². The molecule has 0 unspecified atom stereocenters. The summed E-state index contributed by atoms with van der Waals surface area (Å²) >= 11 is 3.19. The number of nitrogens with zero attached hydrogens (tertiary/aromatic N) is 2. The van der Waals surface area contributed by atoms with Crippen LogP contribution in [0.25, 0.3) is 0 Å². The van der Waals surface area contributed by atoms with E-state index >= 15 is 0 Å². The third-order valence-corrected chi connectivity index (χ3v) is 5.48. The monoisotopic (exact) mass is 469 g/mol. The summed E-state index contributed by atoms with van der Waals surface area (Å²) in [5.41, 5.74) is 4.01. The molecule has 2 aromatic carbocycles. The second kappa shape index (κ2) is 9.07. The lowest BCUT2D eigenvalue weighted by Gasteiger charge is -2.23. The minimum Gasteiger partial charge on any atom is -0.503 e. The fraction of sp³-hybridized carbons (Fsp3) is 0.222. The number of carbonyl (C=O) groups is 1. The molecule has 0 saturated heterocycles. The number of aryl methyl sites for hydroxylation is 1. The van der Waals surface area contributed by atoms with E-state index in [0.29, 0.717) is 15.7 Å². The molecule has 0 saturated carbocycles. The normalized spacial score (nSPS) is 11.4. The number of nitrogens with one attached hydrogen (secondary N) is 1. The Balaban J connectivity index is 2.13. The standard InChI is InChI=1S/C18H20BrN3O5S/c1-12-6-4-5-7-15(12)22(28(3,25)26)11-17(23)21-20-10-13-8-14(19)18(24)16(9-13)27-2/h4-10,24H,11H2,1-3H3,(H,21,23)/b20-10-. The van der Waals surface area contributed by atoms with Crippen molar-refractivity contribution in [3.63, 3.8) is 0 Å². The van der Waals surface area contributed by atoms with E-state index in [1.165, 1.54) is 19.4 Å². The molecule has 0 bridgehead atoms. The largest absolute Gasteiger partial charge is 0.503 e. The molecular formula is C18H20BrN3O5S. The van der Waals surface area contributed by atoms with Crippen molar-refractivity contribution in [2.24, 2.45) is 5.10 Å². The molecule has 0 heterocycles. The zero-order chi connectivity index (χ0) is 20.9. The number of halogens is 1. The van der Waals surface area contributed by atoms with Gasteiger partial charge in [-0.25, -0.2) is 13.8 Å². The number of phenolic OH excluding ortho intramolecular Hbond substituents is 1. The van der Waals surface area contributed by atoms with E-state index in [1.54, 1.807) is 37.3 Å². The highest BCUT2D eigenvalue weighted by molar-refractivity contribution is 9.10. The number of methoxy groups -OCH3 is 1. The second-order valence-electron chi connectivity index (χ2n) is 5.90. The van der Waals surface area contributed by atoms with Crippen molar-refractivity contribution in [3.05, 3.63) is 52.0 Å². The average Bonchev–Trinajstić information content (AvgIpc) is 2.62. The molecule has 0 spiro atoms. The van der Waals surface area contributed by atoms with Crippen molar-refractivity contribution < 1.29 is 23.1 Å². The van der Waals surface area contributed by atoms with Crippen LogP contribution >= 0.6 is 15.9 Å². The smallest absolute Gasteiger partial charge is 0.260 e. The molecule has 0 atom stereocenters. The topological polar surface area (TPSA) is 108 Å². The zero-order valence-electron chi connectivity index (χ0n) is 15.5. The van der Waals surface area contributed by atoms with Crippen LogP contribution in [0.2, 0.25) is 0 Å². The van der Waals surface area contributed by atoms with Crippen LogP contribution in [-0.2, 0) is 14.8 Å². The van der Waals surface area contributed by atoms with Crippen LogP contribution in [0.1, 0.15) is 11.1 Å². The molecule has 8 nitrogen and oxygen atoms in total. The van der Waals surface area contributed by atoms with E-state index in [9.17, 15) is 18.3 Å². The lowest BCUT2D eigenvalue weighted by atomic mass is 10.2. The van der Waals surface area contributed by atoms with Gasteiger partial charge in [0.1, 0.15) is 6.54 Å². The Morgan fingerprint density at radius 2 is 2.04 bits per heavy atom. The third kappa shape index (κ3) is 5.46. The Morgan fingerprint density at radius 3 is 2.64 bits per heavy atom. The van der Waals surface area contributed by atoms with Gasteiger partial charge in [-0.3, -0.25) is 9.10 Å². The number of hydrazone groups is 1. The summed E-state index contributed by atoms with van der Waals surface area (Å²) in [4.78, 5) is 12.2. The van der Waals surface area contributed by atoms with Gasteiger partial charge in [0.15, 0.2) is 11.5 Å². The highest BCUT2D eigenvalue weighted by atomic mass is 79.9. The lowest BCUT2D eigenvalue weighted by Crippen LogP contribution is -2.39. The number of sulfonamides is 1. The number of rotatable bonds is 7. The fourth-order valence-corrected chi connectivity index (χ4v) is 3.77. The number of hydrogen-bond acceptors (Lipinski definition) is 6. The SMILES string of the molecule is COc1cc(/C=N\NC(=O)CN(c2ccccc2C)S(C)(=O)=O)cc(Br)c1O. The van der Waals surface area contributed by atoms with E-state index < -0.39 is 22.5 Å². The first kappa shape index (κ1) is 21.7. The fourth-order valence-electron chi connectivity index (χ4n) is 2.39. The van der Waals surface area contributed by atoms with Gasteiger partial charge < -0.3 is 9.84 Å². The summed E-state index contributed by atoms with van der Waals surface area (Å²) in [6.45, 7) is 1.35. The number of ether oxygens (including phenoxy) is 1. The first-order valence-electron chi connectivity index (χ1n) is 8.05. The van der Waals surface area contributed by atoms with Gasteiger partial charge in [-0.05, 0) is 52.2 Å². The maximum absolute atomic E-state index is 12.2.